The average molecular weight is 297 g/mol. The molecule has 2 aromatic rings. The molecule has 0 aliphatic rings. The van der Waals surface area contributed by atoms with Crippen LogP contribution in [0.2, 0.25) is 0 Å². The van der Waals surface area contributed by atoms with Crippen LogP contribution in [0.15, 0.2) is 28.0 Å². The first-order valence-corrected chi connectivity index (χ1v) is 6.16. The molecule has 0 unspecified atom stereocenters. The number of nitrogens with zero attached hydrogens (tertiary/aromatic N) is 4. The lowest BCUT2D eigenvalue weighted by atomic mass is 10.2. The summed E-state index contributed by atoms with van der Waals surface area (Å²) in [6, 6.07) is 0. The van der Waals surface area contributed by atoms with Crippen LogP contribution in [0.3, 0.4) is 0 Å². The van der Waals surface area contributed by atoms with Gasteiger partial charge in [-0.1, -0.05) is 6.92 Å². The van der Waals surface area contributed by atoms with E-state index in [0.29, 0.717) is 16.7 Å². The summed E-state index contributed by atoms with van der Waals surface area (Å²) in [6.07, 6.45) is 6.01. The van der Waals surface area contributed by atoms with Crippen molar-refractivity contribution in [1.82, 2.24) is 19.3 Å². The maximum absolute atomic E-state index is 12.0. The van der Waals surface area contributed by atoms with Crippen LogP contribution in [0, 0.1) is 0 Å². The van der Waals surface area contributed by atoms with Gasteiger partial charge in [0.1, 0.15) is 4.47 Å². The Kier molecular flexibility index (Phi) is 3.42. The first kappa shape index (κ1) is 12.0. The number of aromatic nitrogens is 4. The molecule has 2 heterocycles. The monoisotopic (exact) mass is 296 g/mol. The second-order valence-corrected chi connectivity index (χ2v) is 4.60. The van der Waals surface area contributed by atoms with Crippen LogP contribution in [0.25, 0.3) is 11.3 Å². The van der Waals surface area contributed by atoms with Crippen LogP contribution in [0.1, 0.15) is 13.3 Å². The van der Waals surface area contributed by atoms with E-state index in [4.69, 9.17) is 0 Å². The molecule has 0 aliphatic heterocycles. The highest BCUT2D eigenvalue weighted by molar-refractivity contribution is 9.10. The van der Waals surface area contributed by atoms with E-state index in [1.807, 2.05) is 20.2 Å². The molecule has 0 fully saturated rings. The minimum atomic E-state index is -0.0549. The van der Waals surface area contributed by atoms with Gasteiger partial charge in [0.15, 0.2) is 0 Å². The smallest absolute Gasteiger partial charge is 0.268 e. The van der Waals surface area contributed by atoms with Crippen molar-refractivity contribution in [2.75, 3.05) is 0 Å². The van der Waals surface area contributed by atoms with Gasteiger partial charge in [0.05, 0.1) is 18.2 Å². The average Bonchev–Trinajstić information content (AvgIpc) is 2.72. The SMILES string of the molecule is CCCn1cnc(-c2cnn(C)c2)c(Br)c1=O. The van der Waals surface area contributed by atoms with Gasteiger partial charge in [-0.25, -0.2) is 4.98 Å². The van der Waals surface area contributed by atoms with Gasteiger partial charge in [-0.2, -0.15) is 5.10 Å². The van der Waals surface area contributed by atoms with Crippen molar-refractivity contribution in [3.05, 3.63) is 33.5 Å². The molecule has 5 nitrogen and oxygen atoms in total. The van der Waals surface area contributed by atoms with Gasteiger partial charge in [0.25, 0.3) is 5.56 Å². The topological polar surface area (TPSA) is 52.7 Å². The standard InChI is InChI=1S/C11H13BrN4O/c1-3-4-16-7-13-10(9(12)11(16)17)8-5-14-15(2)6-8/h5-7H,3-4H2,1-2H3. The molecule has 90 valence electrons. The lowest BCUT2D eigenvalue weighted by Gasteiger charge is -2.06. The van der Waals surface area contributed by atoms with Crippen molar-refractivity contribution in [2.24, 2.45) is 7.05 Å². The molecule has 0 bridgehead atoms. The Morgan fingerprint density at radius 2 is 2.24 bits per heavy atom. The van der Waals surface area contributed by atoms with Crippen LogP contribution in [0.4, 0.5) is 0 Å². The summed E-state index contributed by atoms with van der Waals surface area (Å²) >= 11 is 3.31. The molecule has 2 rings (SSSR count). The van der Waals surface area contributed by atoms with Gasteiger partial charge in [0, 0.05) is 25.4 Å². The van der Waals surface area contributed by atoms with E-state index < -0.39 is 0 Å². The maximum Gasteiger partial charge on any atom is 0.268 e. The summed E-state index contributed by atoms with van der Waals surface area (Å²) in [5, 5.41) is 4.07. The molecule has 0 saturated heterocycles. The third-order valence-electron chi connectivity index (χ3n) is 2.43. The van der Waals surface area contributed by atoms with Crippen molar-refractivity contribution >= 4 is 15.9 Å². The second-order valence-electron chi connectivity index (χ2n) is 3.81. The molecule has 0 saturated carbocycles. The summed E-state index contributed by atoms with van der Waals surface area (Å²) in [7, 11) is 1.83. The van der Waals surface area contributed by atoms with Crippen LogP contribution >= 0.6 is 15.9 Å². The molecule has 0 radical (unpaired) electrons. The van der Waals surface area contributed by atoms with Crippen molar-refractivity contribution < 1.29 is 0 Å². The van der Waals surface area contributed by atoms with E-state index in [-0.39, 0.29) is 5.56 Å². The van der Waals surface area contributed by atoms with Crippen molar-refractivity contribution in [3.63, 3.8) is 0 Å². The molecule has 0 aromatic carbocycles. The van der Waals surface area contributed by atoms with Gasteiger partial charge >= 0.3 is 0 Å². The van der Waals surface area contributed by atoms with Gasteiger partial charge in [0.2, 0.25) is 0 Å². The third-order valence-corrected chi connectivity index (χ3v) is 3.14. The largest absolute Gasteiger partial charge is 0.298 e. The highest BCUT2D eigenvalue weighted by Gasteiger charge is 2.11. The molecule has 2 aromatic heterocycles. The predicted molar refractivity (Wildman–Crippen MR) is 68.7 cm³/mol. The van der Waals surface area contributed by atoms with E-state index in [1.165, 1.54) is 0 Å². The van der Waals surface area contributed by atoms with E-state index >= 15 is 0 Å². The fourth-order valence-electron chi connectivity index (χ4n) is 1.61. The number of rotatable bonds is 3. The highest BCUT2D eigenvalue weighted by atomic mass is 79.9. The van der Waals surface area contributed by atoms with Crippen LogP contribution in [0.5, 0.6) is 0 Å². The summed E-state index contributed by atoms with van der Waals surface area (Å²) in [6.45, 7) is 2.70. The van der Waals surface area contributed by atoms with E-state index in [0.717, 1.165) is 12.0 Å². The van der Waals surface area contributed by atoms with Gasteiger partial charge in [-0.05, 0) is 22.4 Å². The summed E-state index contributed by atoms with van der Waals surface area (Å²) in [5.41, 5.74) is 1.41. The zero-order valence-corrected chi connectivity index (χ0v) is 11.3. The third kappa shape index (κ3) is 2.31. The van der Waals surface area contributed by atoms with E-state index in [1.54, 1.807) is 21.8 Å². The number of aryl methyl sites for hydroxylation is 2. The quantitative estimate of drug-likeness (QED) is 0.868. The zero-order chi connectivity index (χ0) is 12.4. The molecule has 0 aliphatic carbocycles. The number of halogens is 1. The highest BCUT2D eigenvalue weighted by Crippen LogP contribution is 2.21. The van der Waals surface area contributed by atoms with Crippen LogP contribution < -0.4 is 5.56 Å². The lowest BCUT2D eigenvalue weighted by Crippen LogP contribution is -2.21. The Hall–Kier alpha value is -1.43. The fraction of sp³-hybridized carbons (Fsp3) is 0.364. The van der Waals surface area contributed by atoms with Gasteiger partial charge in [-0.15, -0.1) is 0 Å². The summed E-state index contributed by atoms with van der Waals surface area (Å²) in [5.74, 6) is 0. The lowest BCUT2D eigenvalue weighted by molar-refractivity contribution is 0.638. The van der Waals surface area contributed by atoms with Crippen molar-refractivity contribution in [3.8, 4) is 11.3 Å². The Morgan fingerprint density at radius 1 is 1.47 bits per heavy atom. The molecule has 6 heteroatoms. The van der Waals surface area contributed by atoms with Gasteiger partial charge < -0.3 is 0 Å². The predicted octanol–water partition coefficient (Wildman–Crippen LogP) is 1.82. The Labute approximate surface area is 107 Å². The molecule has 0 amide bonds. The Morgan fingerprint density at radius 3 is 2.82 bits per heavy atom. The molecule has 0 N–H and O–H groups in total. The molecular weight excluding hydrogens is 284 g/mol. The molecular formula is C11H13BrN4O. The number of hydrogen-bond donors (Lipinski definition) is 0. The molecule has 17 heavy (non-hydrogen) atoms. The minimum Gasteiger partial charge on any atom is -0.298 e. The van der Waals surface area contributed by atoms with E-state index in [9.17, 15) is 4.79 Å². The van der Waals surface area contributed by atoms with Crippen LogP contribution in [-0.2, 0) is 13.6 Å². The Bertz CT molecular complexity index is 587. The minimum absolute atomic E-state index is 0.0549. The first-order chi connectivity index (χ1) is 8.13. The Balaban J connectivity index is 2.51. The molecule has 0 spiro atoms. The fourth-order valence-corrected chi connectivity index (χ4v) is 2.17. The second kappa shape index (κ2) is 4.83. The van der Waals surface area contributed by atoms with Crippen molar-refractivity contribution in [1.29, 1.82) is 0 Å². The zero-order valence-electron chi connectivity index (χ0n) is 9.72. The summed E-state index contributed by atoms with van der Waals surface area (Å²) < 4.78 is 3.77. The maximum atomic E-state index is 12.0. The first-order valence-electron chi connectivity index (χ1n) is 5.37. The van der Waals surface area contributed by atoms with Crippen molar-refractivity contribution in [2.45, 2.75) is 19.9 Å². The normalized spacial score (nSPS) is 10.8. The summed E-state index contributed by atoms with van der Waals surface area (Å²) in [4.78, 5) is 16.3. The van der Waals surface area contributed by atoms with Crippen LogP contribution in [-0.4, -0.2) is 19.3 Å². The number of hydrogen-bond acceptors (Lipinski definition) is 3. The van der Waals surface area contributed by atoms with Gasteiger partial charge in [-0.3, -0.25) is 14.0 Å². The molecule has 0 atom stereocenters. The van der Waals surface area contributed by atoms with E-state index in [2.05, 4.69) is 26.0 Å².